The lowest BCUT2D eigenvalue weighted by Crippen LogP contribution is -2.26. The lowest BCUT2D eigenvalue weighted by Gasteiger charge is -2.24. The zero-order valence-corrected chi connectivity index (χ0v) is 9.29. The van der Waals surface area contributed by atoms with Gasteiger partial charge in [0.15, 0.2) is 11.5 Å². The average molecular weight is 225 g/mol. The van der Waals surface area contributed by atoms with E-state index in [1.54, 1.807) is 6.07 Å². The molecule has 1 aromatic carbocycles. The molecule has 0 atom stereocenters. The van der Waals surface area contributed by atoms with Crippen LogP contribution in [0.15, 0.2) is 12.1 Å². The minimum absolute atomic E-state index is 0.187. The summed E-state index contributed by atoms with van der Waals surface area (Å²) in [6, 6.07) is 3.16. The zero-order valence-electron chi connectivity index (χ0n) is 9.29. The quantitative estimate of drug-likeness (QED) is 0.809. The highest BCUT2D eigenvalue weighted by Gasteiger charge is 2.22. The van der Waals surface area contributed by atoms with E-state index in [1.807, 2.05) is 0 Å². The maximum atomic E-state index is 13.6. The largest absolute Gasteiger partial charge is 0.505 e. The summed E-state index contributed by atoms with van der Waals surface area (Å²) in [5.41, 5.74) is 0.860. The van der Waals surface area contributed by atoms with Crippen LogP contribution < -0.4 is 10.1 Å². The Labute approximate surface area is 94.2 Å². The number of hydrogen-bond donors (Lipinski definition) is 2. The molecule has 1 aliphatic rings. The lowest BCUT2D eigenvalue weighted by atomic mass is 9.89. The third-order valence-corrected chi connectivity index (χ3v) is 3.09. The van der Waals surface area contributed by atoms with E-state index < -0.39 is 5.82 Å². The summed E-state index contributed by atoms with van der Waals surface area (Å²) in [6.07, 6.45) is 1.95. The van der Waals surface area contributed by atoms with E-state index in [0.717, 1.165) is 31.5 Å². The summed E-state index contributed by atoms with van der Waals surface area (Å²) in [4.78, 5) is 0. The predicted molar refractivity (Wildman–Crippen MR) is 59.5 cm³/mol. The molecule has 1 saturated heterocycles. The Morgan fingerprint density at radius 1 is 1.38 bits per heavy atom. The molecule has 3 nitrogen and oxygen atoms in total. The molecular weight excluding hydrogens is 209 g/mol. The monoisotopic (exact) mass is 225 g/mol. The maximum Gasteiger partial charge on any atom is 0.206 e. The predicted octanol–water partition coefficient (Wildman–Crippen LogP) is 2.01. The molecule has 0 aromatic heterocycles. The van der Waals surface area contributed by atoms with Gasteiger partial charge in [0.1, 0.15) is 0 Å². The number of phenolic OH excluding ortho intramolecular Hbond substituents is 1. The molecule has 16 heavy (non-hydrogen) atoms. The Bertz CT molecular complexity index is 376. The SMILES string of the molecule is COc1c(C2CCNCC2)ccc(O)c1F. The molecular formula is C12H16FNO2. The molecule has 0 saturated carbocycles. The number of phenols is 1. The standard InChI is InChI=1S/C12H16FNO2/c1-16-12-9(2-3-10(15)11(12)13)8-4-6-14-7-5-8/h2-3,8,14-15H,4-7H2,1H3. The van der Waals surface area contributed by atoms with Crippen LogP contribution in [-0.2, 0) is 0 Å². The number of halogens is 1. The molecule has 0 amide bonds. The highest BCUT2D eigenvalue weighted by molar-refractivity contribution is 5.44. The second-order valence-electron chi connectivity index (χ2n) is 4.05. The number of ether oxygens (including phenoxy) is 1. The molecule has 1 heterocycles. The van der Waals surface area contributed by atoms with Crippen LogP contribution in [0, 0.1) is 5.82 Å². The van der Waals surface area contributed by atoms with Crippen molar-refractivity contribution in [1.29, 1.82) is 0 Å². The molecule has 1 fully saturated rings. The molecule has 88 valence electrons. The first-order chi connectivity index (χ1) is 7.74. The Kier molecular flexibility index (Phi) is 3.29. The minimum atomic E-state index is -0.654. The van der Waals surface area contributed by atoms with Gasteiger partial charge in [0.2, 0.25) is 5.82 Å². The van der Waals surface area contributed by atoms with E-state index in [2.05, 4.69) is 5.32 Å². The van der Waals surface area contributed by atoms with Crippen molar-refractivity contribution in [2.24, 2.45) is 0 Å². The van der Waals surface area contributed by atoms with Gasteiger partial charge in [0.25, 0.3) is 0 Å². The normalized spacial score (nSPS) is 17.4. The number of aromatic hydroxyl groups is 1. The van der Waals surface area contributed by atoms with Crippen molar-refractivity contribution in [2.45, 2.75) is 18.8 Å². The van der Waals surface area contributed by atoms with E-state index >= 15 is 0 Å². The van der Waals surface area contributed by atoms with Crippen LogP contribution in [0.3, 0.4) is 0 Å². The molecule has 1 aromatic rings. The summed E-state index contributed by atoms with van der Waals surface area (Å²) in [6.45, 7) is 1.88. The van der Waals surface area contributed by atoms with Crippen molar-refractivity contribution >= 4 is 0 Å². The first kappa shape index (κ1) is 11.2. The molecule has 1 aliphatic heterocycles. The van der Waals surface area contributed by atoms with Crippen molar-refractivity contribution in [3.05, 3.63) is 23.5 Å². The molecule has 0 unspecified atom stereocenters. The van der Waals surface area contributed by atoms with E-state index in [0.29, 0.717) is 5.92 Å². The van der Waals surface area contributed by atoms with Crippen molar-refractivity contribution in [2.75, 3.05) is 20.2 Å². The van der Waals surface area contributed by atoms with Crippen LogP contribution in [0.5, 0.6) is 11.5 Å². The van der Waals surface area contributed by atoms with E-state index in [4.69, 9.17) is 4.74 Å². The van der Waals surface area contributed by atoms with Crippen molar-refractivity contribution in [3.63, 3.8) is 0 Å². The molecule has 4 heteroatoms. The van der Waals surface area contributed by atoms with Gasteiger partial charge in [0.05, 0.1) is 7.11 Å². The molecule has 2 N–H and O–H groups in total. The van der Waals surface area contributed by atoms with Crippen molar-refractivity contribution < 1.29 is 14.2 Å². The van der Waals surface area contributed by atoms with Crippen LogP contribution in [0.4, 0.5) is 4.39 Å². The van der Waals surface area contributed by atoms with E-state index in [-0.39, 0.29) is 11.5 Å². The van der Waals surface area contributed by atoms with Gasteiger partial charge in [-0.05, 0) is 37.9 Å². The van der Waals surface area contributed by atoms with Gasteiger partial charge in [-0.2, -0.15) is 4.39 Å². The van der Waals surface area contributed by atoms with Crippen LogP contribution >= 0.6 is 0 Å². The molecule has 0 bridgehead atoms. The smallest absolute Gasteiger partial charge is 0.206 e. The fourth-order valence-corrected chi connectivity index (χ4v) is 2.22. The summed E-state index contributed by atoms with van der Waals surface area (Å²) < 4.78 is 18.7. The van der Waals surface area contributed by atoms with Crippen molar-refractivity contribution in [3.8, 4) is 11.5 Å². The first-order valence-corrected chi connectivity index (χ1v) is 5.50. The van der Waals surface area contributed by atoms with Gasteiger partial charge in [-0.1, -0.05) is 6.07 Å². The fraction of sp³-hybridized carbons (Fsp3) is 0.500. The third-order valence-electron chi connectivity index (χ3n) is 3.09. The summed E-state index contributed by atoms with van der Waals surface area (Å²) in [5, 5.41) is 12.6. The number of methoxy groups -OCH3 is 1. The Hall–Kier alpha value is -1.29. The molecule has 2 rings (SSSR count). The van der Waals surface area contributed by atoms with Gasteiger partial charge >= 0.3 is 0 Å². The topological polar surface area (TPSA) is 41.5 Å². The van der Waals surface area contributed by atoms with Gasteiger partial charge in [-0.3, -0.25) is 0 Å². The Morgan fingerprint density at radius 2 is 2.06 bits per heavy atom. The van der Waals surface area contributed by atoms with Gasteiger partial charge in [-0.15, -0.1) is 0 Å². The molecule has 0 radical (unpaired) electrons. The van der Waals surface area contributed by atoms with Crippen LogP contribution in [0.25, 0.3) is 0 Å². The maximum absolute atomic E-state index is 13.6. The molecule has 0 aliphatic carbocycles. The minimum Gasteiger partial charge on any atom is -0.505 e. The van der Waals surface area contributed by atoms with Crippen LogP contribution in [-0.4, -0.2) is 25.3 Å². The third kappa shape index (κ3) is 1.97. The number of hydrogen-bond acceptors (Lipinski definition) is 3. The number of nitrogens with one attached hydrogen (secondary N) is 1. The first-order valence-electron chi connectivity index (χ1n) is 5.50. The second-order valence-corrected chi connectivity index (χ2v) is 4.05. The second kappa shape index (κ2) is 4.70. The average Bonchev–Trinajstić information content (AvgIpc) is 2.33. The molecule has 0 spiro atoms. The lowest BCUT2D eigenvalue weighted by molar-refractivity contribution is 0.350. The highest BCUT2D eigenvalue weighted by atomic mass is 19.1. The van der Waals surface area contributed by atoms with E-state index in [9.17, 15) is 9.50 Å². The number of benzene rings is 1. The van der Waals surface area contributed by atoms with Gasteiger partial charge < -0.3 is 15.2 Å². The summed E-state index contributed by atoms with van der Waals surface area (Å²) >= 11 is 0. The number of piperidine rings is 1. The van der Waals surface area contributed by atoms with Crippen LogP contribution in [0.2, 0.25) is 0 Å². The number of rotatable bonds is 2. The summed E-state index contributed by atoms with van der Waals surface area (Å²) in [5.74, 6) is -0.508. The van der Waals surface area contributed by atoms with Gasteiger partial charge in [0, 0.05) is 5.56 Å². The van der Waals surface area contributed by atoms with Gasteiger partial charge in [-0.25, -0.2) is 0 Å². The Morgan fingerprint density at radius 3 is 2.69 bits per heavy atom. The summed E-state index contributed by atoms with van der Waals surface area (Å²) in [7, 11) is 1.43. The zero-order chi connectivity index (χ0) is 11.5. The van der Waals surface area contributed by atoms with E-state index in [1.165, 1.54) is 13.2 Å². The Balaban J connectivity index is 2.35. The highest BCUT2D eigenvalue weighted by Crippen LogP contribution is 2.37. The van der Waals surface area contributed by atoms with Crippen LogP contribution in [0.1, 0.15) is 24.3 Å². The fourth-order valence-electron chi connectivity index (χ4n) is 2.22. The van der Waals surface area contributed by atoms with Crippen molar-refractivity contribution in [1.82, 2.24) is 5.32 Å².